The van der Waals surface area contributed by atoms with Crippen LogP contribution in [-0.4, -0.2) is 44.2 Å². The predicted molar refractivity (Wildman–Crippen MR) is 107 cm³/mol. The number of nitrogens with zero attached hydrogens (tertiary/aromatic N) is 1. The predicted octanol–water partition coefficient (Wildman–Crippen LogP) is 2.25. The number of H-pyrrole nitrogens is 2. The minimum absolute atomic E-state index is 0.218. The molecule has 0 bridgehead atoms. The van der Waals surface area contributed by atoms with E-state index < -0.39 is 0 Å². The summed E-state index contributed by atoms with van der Waals surface area (Å²) < 4.78 is 15.9. The number of hydrazone groups is 1. The van der Waals surface area contributed by atoms with Gasteiger partial charge in [0.2, 0.25) is 5.75 Å². The van der Waals surface area contributed by atoms with Crippen molar-refractivity contribution in [3.8, 4) is 17.2 Å². The van der Waals surface area contributed by atoms with E-state index in [1.165, 1.54) is 39.3 Å². The Hall–Kier alpha value is -3.20. The minimum atomic E-state index is -0.222. The number of fused-ring (bicyclic) bond motifs is 1. The number of hydrogen-bond acceptors (Lipinski definition) is 6. The van der Waals surface area contributed by atoms with Crippen LogP contribution < -0.4 is 24.6 Å². The van der Waals surface area contributed by atoms with Gasteiger partial charge in [0.05, 0.1) is 33.3 Å². The molecule has 3 aromatic rings. The zero-order valence-corrected chi connectivity index (χ0v) is 16.6. The van der Waals surface area contributed by atoms with Gasteiger partial charge in [0.1, 0.15) is 0 Å². The summed E-state index contributed by atoms with van der Waals surface area (Å²) >= 11 is 1.36. The van der Waals surface area contributed by atoms with Gasteiger partial charge < -0.3 is 14.2 Å². The molecule has 146 valence electrons. The first-order valence-corrected chi connectivity index (χ1v) is 9.38. The second-order valence-corrected chi connectivity index (χ2v) is 6.65. The number of carbonyl (C=O) groups excluding carboxylic acids is 1. The average Bonchev–Trinajstić information content (AvgIpc) is 3.14. The number of aromatic nitrogens is 2. The van der Waals surface area contributed by atoms with Crippen molar-refractivity contribution < 1.29 is 24.0 Å². The van der Waals surface area contributed by atoms with Crippen molar-refractivity contribution in [1.29, 1.82) is 0 Å². The molecule has 0 unspecified atom stereocenters. The summed E-state index contributed by atoms with van der Waals surface area (Å²) in [5, 5.41) is 4.80. The van der Waals surface area contributed by atoms with Crippen molar-refractivity contribution in [3.63, 3.8) is 0 Å². The lowest BCUT2D eigenvalue weighted by molar-refractivity contribution is -0.396. The summed E-state index contributed by atoms with van der Waals surface area (Å²) in [7, 11) is 4.62. The molecule has 2 aromatic carbocycles. The van der Waals surface area contributed by atoms with Gasteiger partial charge in [0.15, 0.2) is 22.5 Å². The van der Waals surface area contributed by atoms with Crippen molar-refractivity contribution in [1.82, 2.24) is 10.4 Å². The third-order valence-corrected chi connectivity index (χ3v) is 4.76. The Bertz CT molecular complexity index is 945. The van der Waals surface area contributed by atoms with E-state index in [1.54, 1.807) is 12.1 Å². The Balaban J connectivity index is 1.58. The molecule has 1 aromatic heterocycles. The summed E-state index contributed by atoms with van der Waals surface area (Å²) in [4.78, 5) is 18.5. The van der Waals surface area contributed by atoms with E-state index in [0.717, 1.165) is 16.2 Å². The monoisotopic (exact) mass is 401 g/mol. The number of nitrogens with one attached hydrogen (secondary N) is 3. The number of hydrogen-bond donors (Lipinski definition) is 2. The first kappa shape index (κ1) is 19.6. The van der Waals surface area contributed by atoms with Crippen molar-refractivity contribution in [3.05, 3.63) is 42.0 Å². The second kappa shape index (κ2) is 9.14. The van der Waals surface area contributed by atoms with Crippen LogP contribution in [0.2, 0.25) is 0 Å². The Kier molecular flexibility index (Phi) is 6.38. The van der Waals surface area contributed by atoms with Crippen molar-refractivity contribution in [2.24, 2.45) is 5.10 Å². The normalized spacial score (nSPS) is 11.0. The number of thioether (sulfide) groups is 1. The number of ether oxygens (including phenoxy) is 3. The molecule has 0 fully saturated rings. The van der Waals surface area contributed by atoms with Gasteiger partial charge in [-0.1, -0.05) is 12.1 Å². The summed E-state index contributed by atoms with van der Waals surface area (Å²) in [6, 6.07) is 11.3. The quantitative estimate of drug-likeness (QED) is 0.343. The maximum Gasteiger partial charge on any atom is 0.315 e. The number of carbonyl (C=O) groups is 1. The SMILES string of the molecule is COc1cc(C=NNC(=O)CSc2[nH]c3ccccc3[nH+]2)cc(OC)c1OC. The van der Waals surface area contributed by atoms with Crippen LogP contribution in [0.15, 0.2) is 46.7 Å². The number of rotatable bonds is 8. The molecular formula is C19H21N4O4S+. The highest BCUT2D eigenvalue weighted by Crippen LogP contribution is 2.37. The molecule has 0 radical (unpaired) electrons. The molecule has 9 heteroatoms. The number of amides is 1. The van der Waals surface area contributed by atoms with Crippen LogP contribution in [0.3, 0.4) is 0 Å². The van der Waals surface area contributed by atoms with Crippen LogP contribution in [0.25, 0.3) is 11.0 Å². The number of para-hydroxylation sites is 2. The molecule has 0 aliphatic carbocycles. The van der Waals surface area contributed by atoms with Gasteiger partial charge >= 0.3 is 5.16 Å². The largest absolute Gasteiger partial charge is 0.493 e. The van der Waals surface area contributed by atoms with E-state index in [4.69, 9.17) is 14.2 Å². The molecule has 0 atom stereocenters. The zero-order valence-electron chi connectivity index (χ0n) is 15.7. The van der Waals surface area contributed by atoms with Crippen LogP contribution in [0, 0.1) is 0 Å². The third kappa shape index (κ3) is 4.55. The highest BCUT2D eigenvalue weighted by Gasteiger charge is 2.13. The first-order valence-electron chi connectivity index (χ1n) is 8.39. The van der Waals surface area contributed by atoms with E-state index >= 15 is 0 Å². The highest BCUT2D eigenvalue weighted by molar-refractivity contribution is 7.99. The Labute approximate surface area is 166 Å². The van der Waals surface area contributed by atoms with Gasteiger partial charge in [-0.15, -0.1) is 0 Å². The first-order chi connectivity index (χ1) is 13.6. The average molecular weight is 401 g/mol. The van der Waals surface area contributed by atoms with Gasteiger partial charge in [0, 0.05) is 5.56 Å². The number of methoxy groups -OCH3 is 3. The molecule has 8 nitrogen and oxygen atoms in total. The summed E-state index contributed by atoms with van der Waals surface area (Å²) in [6.07, 6.45) is 1.52. The zero-order chi connectivity index (χ0) is 19.9. The van der Waals surface area contributed by atoms with Gasteiger partial charge in [-0.25, -0.2) is 15.4 Å². The molecule has 1 amide bonds. The van der Waals surface area contributed by atoms with Crippen molar-refractivity contribution in [2.75, 3.05) is 27.1 Å². The summed E-state index contributed by atoms with van der Waals surface area (Å²) in [6.45, 7) is 0. The fourth-order valence-corrected chi connectivity index (χ4v) is 3.28. The van der Waals surface area contributed by atoms with Gasteiger partial charge in [-0.05, 0) is 36.0 Å². The Morgan fingerprint density at radius 1 is 1.18 bits per heavy atom. The molecule has 0 saturated carbocycles. The van der Waals surface area contributed by atoms with E-state index in [2.05, 4.69) is 20.5 Å². The lowest BCUT2D eigenvalue weighted by Gasteiger charge is -2.12. The number of imidazole rings is 1. The molecule has 3 rings (SSSR count). The van der Waals surface area contributed by atoms with Crippen molar-refractivity contribution in [2.45, 2.75) is 5.16 Å². The molecule has 0 saturated heterocycles. The van der Waals surface area contributed by atoms with Gasteiger partial charge in [-0.2, -0.15) is 5.10 Å². The summed E-state index contributed by atoms with van der Waals surface area (Å²) in [5.74, 6) is 1.52. The Morgan fingerprint density at radius 3 is 2.54 bits per heavy atom. The molecule has 0 spiro atoms. The maximum absolute atomic E-state index is 12.0. The van der Waals surface area contributed by atoms with Crippen LogP contribution >= 0.6 is 11.8 Å². The van der Waals surface area contributed by atoms with Gasteiger partial charge in [0.25, 0.3) is 5.91 Å². The molecule has 1 heterocycles. The molecule has 0 aliphatic rings. The maximum atomic E-state index is 12.0. The molecule has 0 aliphatic heterocycles. The van der Waals surface area contributed by atoms with Crippen LogP contribution in [0.4, 0.5) is 0 Å². The standard InChI is InChI=1S/C19H20N4O4S/c1-25-15-8-12(9-16(26-2)18(15)27-3)10-20-23-17(24)11-28-19-21-13-6-4-5-7-14(13)22-19/h4-10H,11H2,1-3H3,(H,21,22)(H,23,24)/p+1. The van der Waals surface area contributed by atoms with E-state index in [1.807, 2.05) is 24.3 Å². The number of benzene rings is 2. The molecular weight excluding hydrogens is 380 g/mol. The van der Waals surface area contributed by atoms with E-state index in [0.29, 0.717) is 22.8 Å². The summed E-state index contributed by atoms with van der Waals surface area (Å²) in [5.41, 5.74) is 5.19. The minimum Gasteiger partial charge on any atom is -0.493 e. The Morgan fingerprint density at radius 2 is 1.89 bits per heavy atom. The van der Waals surface area contributed by atoms with E-state index in [-0.39, 0.29) is 11.7 Å². The fourth-order valence-electron chi connectivity index (χ4n) is 2.57. The smallest absolute Gasteiger partial charge is 0.315 e. The van der Waals surface area contributed by atoms with Crippen LogP contribution in [0.1, 0.15) is 5.56 Å². The lowest BCUT2D eigenvalue weighted by Crippen LogP contribution is -2.20. The number of aromatic amines is 2. The van der Waals surface area contributed by atoms with E-state index in [9.17, 15) is 4.79 Å². The topological polar surface area (TPSA) is 99.1 Å². The van der Waals surface area contributed by atoms with Gasteiger partial charge in [-0.3, -0.25) is 4.79 Å². The third-order valence-electron chi connectivity index (χ3n) is 3.86. The molecule has 28 heavy (non-hydrogen) atoms. The van der Waals surface area contributed by atoms with Crippen molar-refractivity contribution >= 4 is 34.9 Å². The fraction of sp³-hybridized carbons (Fsp3) is 0.211. The van der Waals surface area contributed by atoms with Crippen LogP contribution in [0.5, 0.6) is 17.2 Å². The van der Waals surface area contributed by atoms with Crippen LogP contribution in [-0.2, 0) is 4.79 Å². The highest BCUT2D eigenvalue weighted by atomic mass is 32.2. The molecule has 3 N–H and O–H groups in total. The lowest BCUT2D eigenvalue weighted by atomic mass is 10.2. The second-order valence-electron chi connectivity index (χ2n) is 5.67.